The zero-order chi connectivity index (χ0) is 14.4. The number of nitrogens with one attached hydrogen (secondary N) is 1. The molecule has 0 aliphatic heterocycles. The zero-order valence-corrected chi connectivity index (χ0v) is 11.9. The van der Waals surface area contributed by atoms with Gasteiger partial charge in [-0.05, 0) is 41.8 Å². The lowest BCUT2D eigenvalue weighted by molar-refractivity contribution is -0.121. The van der Waals surface area contributed by atoms with Crippen LogP contribution in [0.2, 0.25) is 5.22 Å². The van der Waals surface area contributed by atoms with Gasteiger partial charge in [0, 0.05) is 6.42 Å². The lowest BCUT2D eigenvalue weighted by Crippen LogP contribution is -2.22. The van der Waals surface area contributed by atoms with Gasteiger partial charge in [0.25, 0.3) is 0 Å². The molecule has 0 fully saturated rings. The molecular weight excluding hydrogens is 278 g/mol. The lowest BCUT2D eigenvalue weighted by Gasteiger charge is -2.08. The molecule has 0 atom stereocenters. The molecule has 1 heterocycles. The summed E-state index contributed by atoms with van der Waals surface area (Å²) in [6.07, 6.45) is 1.03. The molecule has 1 aromatic heterocycles. The first-order valence-corrected chi connectivity index (χ1v) is 6.69. The summed E-state index contributed by atoms with van der Waals surface area (Å²) in [5.41, 5.74) is 1.02. The Hall–Kier alpha value is -1.94. The van der Waals surface area contributed by atoms with Crippen LogP contribution < -0.4 is 10.1 Å². The van der Waals surface area contributed by atoms with E-state index in [0.717, 1.165) is 11.3 Å². The lowest BCUT2D eigenvalue weighted by atomic mass is 10.1. The molecular formula is C15H16ClNO3. The summed E-state index contributed by atoms with van der Waals surface area (Å²) in [5.74, 6) is 1.40. The maximum absolute atomic E-state index is 11.8. The van der Waals surface area contributed by atoms with Crippen LogP contribution in [0, 0.1) is 0 Å². The molecule has 1 aromatic carbocycles. The maximum Gasteiger partial charge on any atom is 0.220 e. The van der Waals surface area contributed by atoms with Crippen LogP contribution in [0.1, 0.15) is 17.7 Å². The molecule has 20 heavy (non-hydrogen) atoms. The summed E-state index contributed by atoms with van der Waals surface area (Å²) < 4.78 is 10.4. The highest BCUT2D eigenvalue weighted by atomic mass is 35.5. The number of methoxy groups -OCH3 is 1. The van der Waals surface area contributed by atoms with Crippen molar-refractivity contribution < 1.29 is 13.9 Å². The summed E-state index contributed by atoms with van der Waals surface area (Å²) in [5, 5.41) is 3.11. The van der Waals surface area contributed by atoms with Crippen molar-refractivity contribution in [3.8, 4) is 5.75 Å². The number of amides is 1. The highest BCUT2D eigenvalue weighted by molar-refractivity contribution is 6.28. The number of hydrogen-bond acceptors (Lipinski definition) is 3. The Bertz CT molecular complexity index is 580. The summed E-state index contributed by atoms with van der Waals surface area (Å²) in [7, 11) is 1.62. The van der Waals surface area contributed by atoms with Crippen LogP contribution in [-0.4, -0.2) is 13.0 Å². The van der Waals surface area contributed by atoms with Gasteiger partial charge < -0.3 is 14.5 Å². The molecule has 0 spiro atoms. The average molecular weight is 294 g/mol. The zero-order valence-electron chi connectivity index (χ0n) is 11.2. The second-order valence-corrected chi connectivity index (χ2v) is 4.67. The quantitative estimate of drug-likeness (QED) is 0.890. The van der Waals surface area contributed by atoms with Gasteiger partial charge in [0.15, 0.2) is 5.22 Å². The van der Waals surface area contributed by atoms with Crippen molar-refractivity contribution in [1.82, 2.24) is 5.32 Å². The molecule has 0 radical (unpaired) electrons. The standard InChI is InChI=1S/C15H16ClNO3/c1-19-13-5-3-2-4-11(13)6-9-15(18)17-10-12-7-8-14(16)20-12/h2-5,7-8H,6,9-10H2,1H3,(H,17,18). The molecule has 0 saturated heterocycles. The third-order valence-electron chi connectivity index (χ3n) is 2.90. The van der Waals surface area contributed by atoms with E-state index in [4.69, 9.17) is 20.8 Å². The van der Waals surface area contributed by atoms with E-state index in [1.165, 1.54) is 0 Å². The number of para-hydroxylation sites is 1. The van der Waals surface area contributed by atoms with Gasteiger partial charge in [0.1, 0.15) is 11.5 Å². The number of halogens is 1. The molecule has 0 aliphatic carbocycles. The Labute approximate surface area is 122 Å². The molecule has 5 heteroatoms. The Morgan fingerprint density at radius 1 is 1.30 bits per heavy atom. The highest BCUT2D eigenvalue weighted by Gasteiger charge is 2.07. The van der Waals surface area contributed by atoms with E-state index in [2.05, 4.69) is 5.32 Å². The number of carbonyl (C=O) groups excluding carboxylic acids is 1. The van der Waals surface area contributed by atoms with Gasteiger partial charge in [-0.3, -0.25) is 4.79 Å². The predicted molar refractivity (Wildman–Crippen MR) is 76.9 cm³/mol. The van der Waals surface area contributed by atoms with Crippen LogP contribution in [0.5, 0.6) is 5.75 Å². The largest absolute Gasteiger partial charge is 0.496 e. The molecule has 0 saturated carbocycles. The van der Waals surface area contributed by atoms with Crippen LogP contribution >= 0.6 is 11.6 Å². The van der Waals surface area contributed by atoms with E-state index in [1.807, 2.05) is 24.3 Å². The summed E-state index contributed by atoms with van der Waals surface area (Å²) in [4.78, 5) is 11.8. The van der Waals surface area contributed by atoms with Crippen LogP contribution in [0.25, 0.3) is 0 Å². The first kappa shape index (κ1) is 14.5. The SMILES string of the molecule is COc1ccccc1CCC(=O)NCc1ccc(Cl)o1. The number of aryl methyl sites for hydroxylation is 1. The maximum atomic E-state index is 11.8. The number of furan rings is 1. The summed E-state index contributed by atoms with van der Waals surface area (Å²) in [6.45, 7) is 0.345. The van der Waals surface area contributed by atoms with Gasteiger partial charge >= 0.3 is 0 Å². The molecule has 2 aromatic rings. The van der Waals surface area contributed by atoms with E-state index >= 15 is 0 Å². The molecule has 1 amide bonds. The van der Waals surface area contributed by atoms with Gasteiger partial charge in [-0.15, -0.1) is 0 Å². The minimum Gasteiger partial charge on any atom is -0.496 e. The first-order valence-electron chi connectivity index (χ1n) is 6.32. The fourth-order valence-electron chi connectivity index (χ4n) is 1.88. The molecule has 2 rings (SSSR count). The highest BCUT2D eigenvalue weighted by Crippen LogP contribution is 2.18. The summed E-state index contributed by atoms with van der Waals surface area (Å²) in [6, 6.07) is 11.1. The van der Waals surface area contributed by atoms with Gasteiger partial charge in [0.2, 0.25) is 5.91 Å². The van der Waals surface area contributed by atoms with Crippen molar-refractivity contribution in [2.24, 2.45) is 0 Å². The smallest absolute Gasteiger partial charge is 0.220 e. The number of carbonyl (C=O) groups is 1. The Balaban J connectivity index is 1.80. The van der Waals surface area contributed by atoms with Crippen molar-refractivity contribution >= 4 is 17.5 Å². The number of rotatable bonds is 6. The topological polar surface area (TPSA) is 51.5 Å². The number of hydrogen-bond donors (Lipinski definition) is 1. The number of ether oxygens (including phenoxy) is 1. The van der Waals surface area contributed by atoms with Crippen LogP contribution in [-0.2, 0) is 17.8 Å². The van der Waals surface area contributed by atoms with Crippen molar-refractivity contribution in [3.63, 3.8) is 0 Å². The predicted octanol–water partition coefficient (Wildman–Crippen LogP) is 3.19. The molecule has 1 N–H and O–H groups in total. The molecule has 0 unspecified atom stereocenters. The van der Waals surface area contributed by atoms with Crippen molar-refractivity contribution in [2.75, 3.05) is 7.11 Å². The van der Waals surface area contributed by atoms with Crippen molar-refractivity contribution in [2.45, 2.75) is 19.4 Å². The molecule has 0 bridgehead atoms. The summed E-state index contributed by atoms with van der Waals surface area (Å²) >= 11 is 5.66. The van der Waals surface area contributed by atoms with Crippen LogP contribution in [0.3, 0.4) is 0 Å². The molecule has 4 nitrogen and oxygen atoms in total. The molecule has 106 valence electrons. The first-order chi connectivity index (χ1) is 9.69. The van der Waals surface area contributed by atoms with Crippen LogP contribution in [0.4, 0.5) is 0 Å². The van der Waals surface area contributed by atoms with E-state index in [1.54, 1.807) is 19.2 Å². The Morgan fingerprint density at radius 2 is 2.10 bits per heavy atom. The fraction of sp³-hybridized carbons (Fsp3) is 0.267. The monoisotopic (exact) mass is 293 g/mol. The minimum absolute atomic E-state index is 0.0385. The van der Waals surface area contributed by atoms with Gasteiger partial charge in [-0.2, -0.15) is 0 Å². The Morgan fingerprint density at radius 3 is 2.80 bits per heavy atom. The average Bonchev–Trinajstić information content (AvgIpc) is 2.89. The van der Waals surface area contributed by atoms with Crippen molar-refractivity contribution in [3.05, 3.63) is 52.9 Å². The normalized spacial score (nSPS) is 10.3. The number of benzene rings is 1. The van der Waals surface area contributed by atoms with Gasteiger partial charge in [0.05, 0.1) is 13.7 Å². The Kier molecular flexibility index (Phi) is 5.07. The second kappa shape index (κ2) is 7.01. The molecule has 0 aliphatic rings. The van der Waals surface area contributed by atoms with E-state index in [-0.39, 0.29) is 5.91 Å². The minimum atomic E-state index is -0.0385. The van der Waals surface area contributed by atoms with Crippen LogP contribution in [0.15, 0.2) is 40.8 Å². The van der Waals surface area contributed by atoms with E-state index in [9.17, 15) is 4.79 Å². The second-order valence-electron chi connectivity index (χ2n) is 4.29. The van der Waals surface area contributed by atoms with Gasteiger partial charge in [-0.25, -0.2) is 0 Å². The van der Waals surface area contributed by atoms with E-state index < -0.39 is 0 Å². The van der Waals surface area contributed by atoms with Gasteiger partial charge in [-0.1, -0.05) is 18.2 Å². The van der Waals surface area contributed by atoms with E-state index in [0.29, 0.717) is 30.4 Å². The van der Waals surface area contributed by atoms with Crippen molar-refractivity contribution in [1.29, 1.82) is 0 Å². The third-order valence-corrected chi connectivity index (χ3v) is 3.11. The third kappa shape index (κ3) is 4.03. The fourth-order valence-corrected chi connectivity index (χ4v) is 2.04.